The zero-order valence-electron chi connectivity index (χ0n) is 5.96. The second kappa shape index (κ2) is 3.17. The molecule has 0 amide bonds. The molecule has 0 aromatic rings. The summed E-state index contributed by atoms with van der Waals surface area (Å²) in [7, 11) is 0. The summed E-state index contributed by atoms with van der Waals surface area (Å²) in [6.07, 6.45) is 0. The van der Waals surface area contributed by atoms with E-state index >= 15 is 0 Å². The fourth-order valence-corrected chi connectivity index (χ4v) is 3.71. The monoisotopic (exact) mass is 164 g/mol. The molecular formula is C6H12OS2. The van der Waals surface area contributed by atoms with Crippen molar-refractivity contribution in [3.8, 4) is 0 Å². The van der Waals surface area contributed by atoms with Gasteiger partial charge in [-0.05, 0) is 20.8 Å². The van der Waals surface area contributed by atoms with Crippen molar-refractivity contribution in [2.24, 2.45) is 0 Å². The van der Waals surface area contributed by atoms with Gasteiger partial charge in [0.1, 0.15) is 10.9 Å². The van der Waals surface area contributed by atoms with Crippen molar-refractivity contribution in [2.45, 2.75) is 36.2 Å². The number of hydrogen-bond acceptors (Lipinski definition) is 3. The van der Waals surface area contributed by atoms with Crippen LogP contribution in [-0.2, 0) is 4.74 Å². The molecule has 54 valence electrons. The Kier molecular flexibility index (Phi) is 2.73. The van der Waals surface area contributed by atoms with Crippen molar-refractivity contribution in [3.05, 3.63) is 0 Å². The van der Waals surface area contributed by atoms with Crippen molar-refractivity contribution in [1.82, 2.24) is 0 Å². The highest BCUT2D eigenvalue weighted by atomic mass is 32.2. The molecule has 1 unspecified atom stereocenters. The van der Waals surface area contributed by atoms with Gasteiger partial charge in [0.15, 0.2) is 0 Å². The van der Waals surface area contributed by atoms with E-state index in [4.69, 9.17) is 4.74 Å². The lowest BCUT2D eigenvalue weighted by atomic mass is 10.8. The fourth-order valence-electron chi connectivity index (χ4n) is 0.906. The molecule has 0 spiro atoms. The van der Waals surface area contributed by atoms with Gasteiger partial charge in [0.2, 0.25) is 0 Å². The number of thioether (sulfide) groups is 2. The highest BCUT2D eigenvalue weighted by Gasteiger charge is 2.21. The van der Waals surface area contributed by atoms with Gasteiger partial charge in [-0.3, -0.25) is 0 Å². The Bertz CT molecular complexity index is 72.0. The van der Waals surface area contributed by atoms with Crippen LogP contribution < -0.4 is 0 Å². The van der Waals surface area contributed by atoms with Gasteiger partial charge in [-0.2, -0.15) is 0 Å². The first-order chi connectivity index (χ1) is 4.18. The fraction of sp³-hybridized carbons (Fsp3) is 1.00. The summed E-state index contributed by atoms with van der Waals surface area (Å²) in [5, 5.41) is 0. The van der Waals surface area contributed by atoms with Crippen molar-refractivity contribution in [1.29, 1.82) is 0 Å². The minimum Gasteiger partial charge on any atom is -0.354 e. The predicted molar refractivity (Wildman–Crippen MR) is 44.7 cm³/mol. The summed E-state index contributed by atoms with van der Waals surface area (Å²) in [6, 6.07) is 0. The lowest BCUT2D eigenvalue weighted by Gasteiger charge is -2.28. The molecule has 0 saturated carbocycles. The van der Waals surface area contributed by atoms with Gasteiger partial charge < -0.3 is 4.74 Å². The van der Waals surface area contributed by atoms with Crippen LogP contribution in [0.1, 0.15) is 20.8 Å². The molecule has 1 aliphatic rings. The molecule has 0 bridgehead atoms. The normalized spacial score (nSPS) is 45.0. The second-order valence-corrected chi connectivity index (χ2v) is 5.70. The minimum atomic E-state index is 0.385. The smallest absolute Gasteiger partial charge is 0.102 e. The molecule has 3 atom stereocenters. The third-order valence-corrected chi connectivity index (χ3v) is 3.57. The first kappa shape index (κ1) is 7.76. The van der Waals surface area contributed by atoms with Crippen molar-refractivity contribution < 1.29 is 4.74 Å². The van der Waals surface area contributed by atoms with E-state index in [-0.39, 0.29) is 0 Å². The van der Waals surface area contributed by atoms with Gasteiger partial charge in [-0.25, -0.2) is 0 Å². The van der Waals surface area contributed by atoms with Crippen molar-refractivity contribution in [3.63, 3.8) is 0 Å². The molecular weight excluding hydrogens is 152 g/mol. The Labute approximate surface area is 64.9 Å². The minimum absolute atomic E-state index is 0.385. The van der Waals surface area contributed by atoms with Gasteiger partial charge >= 0.3 is 0 Å². The van der Waals surface area contributed by atoms with Gasteiger partial charge in [-0.15, -0.1) is 23.5 Å². The summed E-state index contributed by atoms with van der Waals surface area (Å²) in [5.41, 5.74) is 0.771. The maximum Gasteiger partial charge on any atom is 0.102 e. The van der Waals surface area contributed by atoms with Gasteiger partial charge in [0.25, 0.3) is 0 Å². The van der Waals surface area contributed by atoms with Crippen LogP contribution in [0.15, 0.2) is 0 Å². The molecule has 1 nitrogen and oxygen atoms in total. The molecule has 1 rings (SSSR count). The Morgan fingerprint density at radius 3 is 1.78 bits per heavy atom. The summed E-state index contributed by atoms with van der Waals surface area (Å²) in [4.78, 5) is 0. The van der Waals surface area contributed by atoms with E-state index in [0.717, 1.165) is 0 Å². The molecule has 0 radical (unpaired) electrons. The molecule has 1 heterocycles. The summed E-state index contributed by atoms with van der Waals surface area (Å²) in [5.74, 6) is 0. The van der Waals surface area contributed by atoms with Crippen LogP contribution in [0.3, 0.4) is 0 Å². The molecule has 0 aliphatic carbocycles. The van der Waals surface area contributed by atoms with Gasteiger partial charge in [0.05, 0.1) is 4.58 Å². The number of hydrogen-bond donors (Lipinski definition) is 0. The van der Waals surface area contributed by atoms with Gasteiger partial charge in [0, 0.05) is 0 Å². The predicted octanol–water partition coefficient (Wildman–Crippen LogP) is 2.52. The van der Waals surface area contributed by atoms with E-state index in [0.29, 0.717) is 15.5 Å². The SMILES string of the molecule is CC1S[C@H](C)O[C@H](C)S1. The van der Waals surface area contributed by atoms with Crippen LogP contribution in [0.2, 0.25) is 0 Å². The van der Waals surface area contributed by atoms with E-state index in [1.165, 1.54) is 0 Å². The van der Waals surface area contributed by atoms with Crippen LogP contribution in [-0.4, -0.2) is 15.5 Å². The third-order valence-electron chi connectivity index (χ3n) is 1.15. The van der Waals surface area contributed by atoms with E-state index in [1.54, 1.807) is 0 Å². The zero-order chi connectivity index (χ0) is 6.85. The number of ether oxygens (including phenoxy) is 1. The van der Waals surface area contributed by atoms with E-state index < -0.39 is 0 Å². The Hall–Kier alpha value is 0.660. The standard InChI is InChI=1S/C6H12OS2/c1-4-7-5(2)9-6(3)8-4/h4-6H,1-3H3/t4-,5+,6?. The summed E-state index contributed by atoms with van der Waals surface area (Å²) in [6.45, 7) is 6.44. The first-order valence-electron chi connectivity index (χ1n) is 3.15. The molecule has 1 saturated heterocycles. The van der Waals surface area contributed by atoms with Crippen molar-refractivity contribution in [2.75, 3.05) is 0 Å². The lowest BCUT2D eigenvalue weighted by molar-refractivity contribution is 0.111. The quantitative estimate of drug-likeness (QED) is 0.544. The molecule has 3 heteroatoms. The zero-order valence-corrected chi connectivity index (χ0v) is 7.59. The summed E-state index contributed by atoms with van der Waals surface area (Å²) < 4.78 is 6.18. The average Bonchev–Trinajstić information content (AvgIpc) is 1.59. The van der Waals surface area contributed by atoms with E-state index in [1.807, 2.05) is 23.5 Å². The highest BCUT2D eigenvalue weighted by molar-refractivity contribution is 8.17. The lowest BCUT2D eigenvalue weighted by Crippen LogP contribution is -2.20. The Morgan fingerprint density at radius 1 is 1.00 bits per heavy atom. The average molecular weight is 164 g/mol. The summed E-state index contributed by atoms with van der Waals surface area (Å²) >= 11 is 3.77. The van der Waals surface area contributed by atoms with Crippen LogP contribution >= 0.6 is 23.5 Å². The maximum absolute atomic E-state index is 5.48. The first-order valence-corrected chi connectivity index (χ1v) is 5.03. The Morgan fingerprint density at radius 2 is 1.44 bits per heavy atom. The topological polar surface area (TPSA) is 9.23 Å². The van der Waals surface area contributed by atoms with Crippen LogP contribution in [0, 0.1) is 0 Å². The number of rotatable bonds is 0. The molecule has 1 aliphatic heterocycles. The second-order valence-electron chi connectivity index (χ2n) is 2.11. The molecule has 0 N–H and O–H groups in total. The van der Waals surface area contributed by atoms with Crippen LogP contribution in [0.25, 0.3) is 0 Å². The maximum atomic E-state index is 5.48. The van der Waals surface area contributed by atoms with Crippen LogP contribution in [0.5, 0.6) is 0 Å². The van der Waals surface area contributed by atoms with E-state index in [9.17, 15) is 0 Å². The molecule has 9 heavy (non-hydrogen) atoms. The molecule has 0 aromatic heterocycles. The molecule has 1 fully saturated rings. The third kappa shape index (κ3) is 2.40. The molecule has 0 aromatic carbocycles. The largest absolute Gasteiger partial charge is 0.354 e. The van der Waals surface area contributed by atoms with Gasteiger partial charge in [-0.1, -0.05) is 0 Å². The van der Waals surface area contributed by atoms with Crippen molar-refractivity contribution >= 4 is 23.5 Å². The highest BCUT2D eigenvalue weighted by Crippen LogP contribution is 2.37. The Balaban J connectivity index is 2.34. The van der Waals surface area contributed by atoms with E-state index in [2.05, 4.69) is 20.8 Å². The van der Waals surface area contributed by atoms with Crippen LogP contribution in [0.4, 0.5) is 0 Å².